The lowest BCUT2D eigenvalue weighted by Crippen LogP contribution is -1.97. The van der Waals surface area contributed by atoms with Gasteiger partial charge in [-0.2, -0.15) is 0 Å². The molecular weight excluding hydrogens is 388 g/mol. The van der Waals surface area contributed by atoms with Gasteiger partial charge in [-0.15, -0.1) is 0 Å². The first kappa shape index (κ1) is 23.6. The molecule has 0 spiro atoms. The number of hydrogen-bond acceptors (Lipinski definition) is 1. The van der Waals surface area contributed by atoms with E-state index in [-0.39, 0.29) is 0 Å². The highest BCUT2D eigenvalue weighted by Crippen LogP contribution is 2.16. The van der Waals surface area contributed by atoms with Gasteiger partial charge in [0.05, 0.1) is 0 Å². The average Bonchev–Trinajstić information content (AvgIpc) is 2.84. The summed E-state index contributed by atoms with van der Waals surface area (Å²) in [4.78, 5) is 0. The normalized spacial score (nSPS) is 11.4. The van der Waals surface area contributed by atoms with Crippen LogP contribution in [0.5, 0.6) is 5.75 Å². The van der Waals surface area contributed by atoms with Crippen molar-refractivity contribution >= 4 is 0 Å². The first-order valence-electron chi connectivity index (χ1n) is 11.9. The fourth-order valence-corrected chi connectivity index (χ4v) is 3.72. The molecule has 1 nitrogen and oxygen atoms in total. The Morgan fingerprint density at radius 1 is 0.500 bits per heavy atom. The number of hydrogen-bond donors (Lipinski definition) is 0. The van der Waals surface area contributed by atoms with E-state index in [0.717, 1.165) is 44.3 Å². The second kappa shape index (κ2) is 13.4. The second-order valence-corrected chi connectivity index (χ2v) is 8.28. The minimum absolute atomic E-state index is 0.604. The van der Waals surface area contributed by atoms with Crippen LogP contribution in [0.15, 0.2) is 97.1 Å². The van der Waals surface area contributed by atoms with Gasteiger partial charge in [0.25, 0.3) is 0 Å². The van der Waals surface area contributed by atoms with Crippen LogP contribution >= 0.6 is 0 Å². The Kier molecular flexibility index (Phi) is 9.86. The molecule has 0 aliphatic carbocycles. The van der Waals surface area contributed by atoms with E-state index in [1.165, 1.54) is 27.8 Å². The Morgan fingerprint density at radius 2 is 0.875 bits per heavy atom. The van der Waals surface area contributed by atoms with Crippen LogP contribution in [-0.2, 0) is 32.3 Å². The van der Waals surface area contributed by atoms with Crippen LogP contribution in [0.25, 0.3) is 0 Å². The fourth-order valence-electron chi connectivity index (χ4n) is 3.72. The molecule has 166 valence electrons. The summed E-state index contributed by atoms with van der Waals surface area (Å²) in [6.07, 6.45) is 15.2. The molecular formula is C31H36O. The van der Waals surface area contributed by atoms with Crippen LogP contribution in [0.2, 0.25) is 0 Å². The second-order valence-electron chi connectivity index (χ2n) is 8.28. The van der Waals surface area contributed by atoms with Gasteiger partial charge in [0.2, 0.25) is 0 Å². The SMILES string of the molecule is C/C=C/CCc1ccc(CCc2ccc(COc3ccc(CC/C=C/C)cc3)cc2)cc1. The summed E-state index contributed by atoms with van der Waals surface area (Å²) in [5, 5.41) is 0. The van der Waals surface area contributed by atoms with E-state index in [1.807, 2.05) is 0 Å². The minimum Gasteiger partial charge on any atom is -0.489 e. The van der Waals surface area contributed by atoms with Gasteiger partial charge in [-0.25, -0.2) is 0 Å². The first-order valence-corrected chi connectivity index (χ1v) is 11.9. The summed E-state index contributed by atoms with van der Waals surface area (Å²) in [6.45, 7) is 4.75. The van der Waals surface area contributed by atoms with Crippen molar-refractivity contribution in [3.63, 3.8) is 0 Å². The summed E-state index contributed by atoms with van der Waals surface area (Å²) < 4.78 is 5.97. The van der Waals surface area contributed by atoms with Gasteiger partial charge in [0, 0.05) is 0 Å². The summed E-state index contributed by atoms with van der Waals surface area (Å²) in [5.74, 6) is 0.929. The Bertz CT molecular complexity index is 878. The molecule has 0 N–H and O–H groups in total. The highest BCUT2D eigenvalue weighted by molar-refractivity contribution is 5.29. The highest BCUT2D eigenvalue weighted by Gasteiger charge is 2.00. The molecule has 0 bridgehead atoms. The molecule has 0 saturated heterocycles. The monoisotopic (exact) mass is 424 g/mol. The molecule has 0 aromatic heterocycles. The lowest BCUT2D eigenvalue weighted by molar-refractivity contribution is 0.306. The number of ether oxygens (including phenoxy) is 1. The Morgan fingerprint density at radius 3 is 1.31 bits per heavy atom. The van der Waals surface area contributed by atoms with E-state index >= 15 is 0 Å². The Balaban J connectivity index is 1.42. The predicted molar refractivity (Wildman–Crippen MR) is 137 cm³/mol. The molecule has 3 rings (SSSR count). The summed E-state index contributed by atoms with van der Waals surface area (Å²) in [7, 11) is 0. The van der Waals surface area contributed by atoms with Crippen molar-refractivity contribution < 1.29 is 4.74 Å². The molecule has 0 saturated carbocycles. The van der Waals surface area contributed by atoms with E-state index in [0.29, 0.717) is 6.61 Å². The maximum atomic E-state index is 5.97. The van der Waals surface area contributed by atoms with E-state index in [1.54, 1.807) is 0 Å². The zero-order valence-corrected chi connectivity index (χ0v) is 19.6. The molecule has 0 radical (unpaired) electrons. The third-order valence-corrected chi connectivity index (χ3v) is 5.75. The first-order chi connectivity index (χ1) is 15.8. The molecule has 0 amide bonds. The zero-order chi connectivity index (χ0) is 22.4. The van der Waals surface area contributed by atoms with Crippen molar-refractivity contribution in [1.29, 1.82) is 0 Å². The summed E-state index contributed by atoms with van der Waals surface area (Å²) in [5.41, 5.74) is 6.75. The van der Waals surface area contributed by atoms with E-state index < -0.39 is 0 Å². The molecule has 0 aliphatic rings. The quantitative estimate of drug-likeness (QED) is 0.267. The van der Waals surface area contributed by atoms with Gasteiger partial charge in [-0.1, -0.05) is 85.0 Å². The van der Waals surface area contributed by atoms with E-state index in [9.17, 15) is 0 Å². The van der Waals surface area contributed by atoms with Crippen molar-refractivity contribution in [3.05, 3.63) is 125 Å². The van der Waals surface area contributed by atoms with Crippen LogP contribution in [0.4, 0.5) is 0 Å². The zero-order valence-electron chi connectivity index (χ0n) is 19.6. The molecule has 0 heterocycles. The molecule has 0 aliphatic heterocycles. The lowest BCUT2D eigenvalue weighted by Gasteiger charge is -2.09. The van der Waals surface area contributed by atoms with Gasteiger partial charge < -0.3 is 4.74 Å². The third-order valence-electron chi connectivity index (χ3n) is 5.75. The van der Waals surface area contributed by atoms with Gasteiger partial charge in [0.15, 0.2) is 0 Å². The molecule has 3 aromatic carbocycles. The minimum atomic E-state index is 0.604. The van der Waals surface area contributed by atoms with Crippen LogP contribution in [0.1, 0.15) is 54.5 Å². The van der Waals surface area contributed by atoms with Crippen molar-refractivity contribution in [3.8, 4) is 5.75 Å². The molecule has 3 aromatic rings. The van der Waals surface area contributed by atoms with Gasteiger partial charge in [0.1, 0.15) is 12.4 Å². The lowest BCUT2D eigenvalue weighted by atomic mass is 10.0. The smallest absolute Gasteiger partial charge is 0.119 e. The largest absolute Gasteiger partial charge is 0.489 e. The van der Waals surface area contributed by atoms with E-state index in [4.69, 9.17) is 4.74 Å². The number of rotatable bonds is 12. The van der Waals surface area contributed by atoms with Crippen molar-refractivity contribution in [1.82, 2.24) is 0 Å². The van der Waals surface area contributed by atoms with Crippen LogP contribution < -0.4 is 4.74 Å². The number of aryl methyl sites for hydroxylation is 4. The van der Waals surface area contributed by atoms with Gasteiger partial charge in [-0.3, -0.25) is 0 Å². The Labute approximate surface area is 194 Å². The topological polar surface area (TPSA) is 9.23 Å². The average molecular weight is 425 g/mol. The fraction of sp³-hybridized carbons (Fsp3) is 0.290. The molecule has 0 atom stereocenters. The maximum absolute atomic E-state index is 5.97. The van der Waals surface area contributed by atoms with Gasteiger partial charge >= 0.3 is 0 Å². The molecule has 1 heteroatoms. The summed E-state index contributed by atoms with van der Waals surface area (Å²) in [6, 6.07) is 26.4. The Hall–Kier alpha value is -3.06. The van der Waals surface area contributed by atoms with E-state index in [2.05, 4.69) is 111 Å². The standard InChI is InChI=1S/C31H36O/c1-3-5-7-9-26-11-13-28(14-12-26)15-16-29-17-19-30(20-18-29)25-32-31-23-21-27(22-24-31)10-8-6-4-2/h3-6,11-14,17-24H,7-10,15-16,25H2,1-2H3/b5-3+,6-4+. The maximum Gasteiger partial charge on any atom is 0.119 e. The van der Waals surface area contributed by atoms with Crippen molar-refractivity contribution in [2.75, 3.05) is 0 Å². The van der Waals surface area contributed by atoms with Crippen LogP contribution in [0.3, 0.4) is 0 Å². The van der Waals surface area contributed by atoms with Crippen molar-refractivity contribution in [2.24, 2.45) is 0 Å². The molecule has 0 unspecified atom stereocenters. The summed E-state index contributed by atoms with van der Waals surface area (Å²) >= 11 is 0. The molecule has 32 heavy (non-hydrogen) atoms. The third kappa shape index (κ3) is 8.23. The van der Waals surface area contributed by atoms with Crippen molar-refractivity contribution in [2.45, 2.75) is 59.0 Å². The van der Waals surface area contributed by atoms with Crippen LogP contribution in [0, 0.1) is 0 Å². The molecule has 0 fully saturated rings. The highest BCUT2D eigenvalue weighted by atomic mass is 16.5. The van der Waals surface area contributed by atoms with Crippen LogP contribution in [-0.4, -0.2) is 0 Å². The number of allylic oxidation sites excluding steroid dienone is 4. The van der Waals surface area contributed by atoms with Gasteiger partial charge in [-0.05, 0) is 92.3 Å². The number of benzene rings is 3. The predicted octanol–water partition coefficient (Wildman–Crippen LogP) is 8.07.